The van der Waals surface area contributed by atoms with Crippen LogP contribution in [-0.4, -0.2) is 30.6 Å². The van der Waals surface area contributed by atoms with Gasteiger partial charge in [0, 0.05) is 0 Å². The second kappa shape index (κ2) is 4.52. The molecule has 0 aliphatic rings. The summed E-state index contributed by atoms with van der Waals surface area (Å²) in [5.41, 5.74) is 0.381. The molecule has 8 nitrogen and oxygen atoms in total. The van der Waals surface area contributed by atoms with Crippen LogP contribution in [-0.2, 0) is 0 Å². The number of anilines is 1. The molecule has 0 saturated carbocycles. The van der Waals surface area contributed by atoms with Crippen molar-refractivity contribution in [1.82, 2.24) is 30.6 Å². The number of aromatic nitrogens is 6. The van der Waals surface area contributed by atoms with Crippen LogP contribution >= 0.6 is 0 Å². The molecule has 17 heavy (non-hydrogen) atoms. The monoisotopic (exact) mass is 230 g/mol. The maximum atomic E-state index is 8.93. The summed E-state index contributed by atoms with van der Waals surface area (Å²) in [5.74, 6) is 1.56. The molecule has 0 aliphatic heterocycles. The molecule has 0 saturated heterocycles. The van der Waals surface area contributed by atoms with E-state index in [-0.39, 0.29) is 6.04 Å². The van der Waals surface area contributed by atoms with Crippen LogP contribution in [0.4, 0.5) is 5.82 Å². The molecule has 86 valence electrons. The van der Waals surface area contributed by atoms with Crippen molar-refractivity contribution < 1.29 is 0 Å². The zero-order valence-corrected chi connectivity index (χ0v) is 9.34. The predicted molar refractivity (Wildman–Crippen MR) is 57.7 cm³/mol. The van der Waals surface area contributed by atoms with Crippen LogP contribution in [0.5, 0.6) is 0 Å². The lowest BCUT2D eigenvalue weighted by Gasteiger charge is -2.11. The summed E-state index contributed by atoms with van der Waals surface area (Å²) in [6.07, 6.45) is 1.48. The van der Waals surface area contributed by atoms with Gasteiger partial charge in [0.15, 0.2) is 5.82 Å². The standard InChI is InChI=1S/C9H10N8/c1-5(8-14-16-17-15-8)12-9-7(3-10)4-11-6(2)13-9/h4-5H,1-2H3,(H,11,12,13)(H,14,15,16,17). The molecule has 0 aromatic carbocycles. The number of tetrazole rings is 1. The minimum absolute atomic E-state index is 0.199. The van der Waals surface area contributed by atoms with Gasteiger partial charge in [-0.3, -0.25) is 0 Å². The second-order valence-corrected chi connectivity index (χ2v) is 3.43. The third-order valence-corrected chi connectivity index (χ3v) is 2.13. The number of aromatic amines is 1. The Morgan fingerprint density at radius 3 is 3.00 bits per heavy atom. The highest BCUT2D eigenvalue weighted by atomic mass is 15.5. The third kappa shape index (κ3) is 2.34. The Kier molecular flexibility index (Phi) is 2.91. The van der Waals surface area contributed by atoms with Gasteiger partial charge in [-0.05, 0) is 13.8 Å². The Morgan fingerprint density at radius 2 is 2.35 bits per heavy atom. The van der Waals surface area contributed by atoms with Gasteiger partial charge in [0.25, 0.3) is 0 Å². The zero-order valence-electron chi connectivity index (χ0n) is 9.34. The lowest BCUT2D eigenvalue weighted by Crippen LogP contribution is -2.12. The van der Waals surface area contributed by atoms with E-state index in [2.05, 4.69) is 35.9 Å². The Labute approximate surface area is 97.1 Å². The summed E-state index contributed by atoms with van der Waals surface area (Å²) < 4.78 is 0. The molecule has 8 heteroatoms. The van der Waals surface area contributed by atoms with E-state index < -0.39 is 0 Å². The van der Waals surface area contributed by atoms with E-state index in [1.165, 1.54) is 6.20 Å². The zero-order chi connectivity index (χ0) is 12.3. The molecule has 2 aromatic rings. The van der Waals surface area contributed by atoms with Crippen LogP contribution in [0.3, 0.4) is 0 Å². The van der Waals surface area contributed by atoms with Gasteiger partial charge in [0.05, 0.1) is 12.2 Å². The lowest BCUT2D eigenvalue weighted by molar-refractivity contribution is 0.784. The molecule has 2 rings (SSSR count). The maximum absolute atomic E-state index is 8.93. The van der Waals surface area contributed by atoms with Gasteiger partial charge in [-0.15, -0.1) is 10.2 Å². The molecule has 1 atom stereocenters. The van der Waals surface area contributed by atoms with Crippen molar-refractivity contribution in [2.24, 2.45) is 0 Å². The van der Waals surface area contributed by atoms with Gasteiger partial charge in [-0.2, -0.15) is 10.5 Å². The van der Waals surface area contributed by atoms with Gasteiger partial charge in [-0.25, -0.2) is 9.97 Å². The Bertz CT molecular complexity index is 541. The fourth-order valence-electron chi connectivity index (χ4n) is 1.28. The first-order valence-electron chi connectivity index (χ1n) is 4.94. The normalized spacial score (nSPS) is 11.8. The fraction of sp³-hybridized carbons (Fsp3) is 0.333. The first kappa shape index (κ1) is 10.9. The Morgan fingerprint density at radius 1 is 1.53 bits per heavy atom. The summed E-state index contributed by atoms with van der Waals surface area (Å²) >= 11 is 0. The summed E-state index contributed by atoms with van der Waals surface area (Å²) in [7, 11) is 0. The van der Waals surface area contributed by atoms with Crippen molar-refractivity contribution in [1.29, 1.82) is 5.26 Å². The summed E-state index contributed by atoms with van der Waals surface area (Å²) in [6, 6.07) is 1.82. The molecule has 0 spiro atoms. The van der Waals surface area contributed by atoms with Gasteiger partial charge in [0.2, 0.25) is 0 Å². The van der Waals surface area contributed by atoms with Crippen LogP contribution in [0, 0.1) is 18.3 Å². The second-order valence-electron chi connectivity index (χ2n) is 3.43. The molecule has 0 amide bonds. The lowest BCUT2D eigenvalue weighted by atomic mass is 10.2. The van der Waals surface area contributed by atoms with E-state index in [1.807, 2.05) is 13.0 Å². The number of nitriles is 1. The number of hydrogen-bond donors (Lipinski definition) is 2. The predicted octanol–water partition coefficient (Wildman–Crippen LogP) is 0.343. The molecular weight excluding hydrogens is 220 g/mol. The first-order chi connectivity index (χ1) is 8.20. The highest BCUT2D eigenvalue weighted by Gasteiger charge is 2.13. The van der Waals surface area contributed by atoms with Crippen LogP contribution in [0.2, 0.25) is 0 Å². The SMILES string of the molecule is Cc1ncc(C#N)c(NC(C)c2nn[nH]n2)n1. The molecule has 0 fully saturated rings. The summed E-state index contributed by atoms with van der Waals surface area (Å²) in [5, 5.41) is 25.5. The molecular formula is C9H10N8. The first-order valence-corrected chi connectivity index (χ1v) is 4.94. The van der Waals surface area contributed by atoms with Gasteiger partial charge in [-0.1, -0.05) is 5.21 Å². The fourth-order valence-corrected chi connectivity index (χ4v) is 1.28. The summed E-state index contributed by atoms with van der Waals surface area (Å²) in [4.78, 5) is 8.12. The van der Waals surface area contributed by atoms with E-state index in [0.717, 1.165) is 0 Å². The molecule has 2 heterocycles. The molecule has 0 aliphatic carbocycles. The van der Waals surface area contributed by atoms with Crippen molar-refractivity contribution in [3.8, 4) is 6.07 Å². The van der Waals surface area contributed by atoms with Crippen LogP contribution in [0.25, 0.3) is 0 Å². The molecule has 0 radical (unpaired) electrons. The Hall–Kier alpha value is -2.56. The van der Waals surface area contributed by atoms with Crippen LogP contribution in [0.1, 0.15) is 30.2 Å². The van der Waals surface area contributed by atoms with Crippen molar-refractivity contribution in [2.45, 2.75) is 19.9 Å². The molecule has 1 unspecified atom stereocenters. The number of nitrogens with zero attached hydrogens (tertiary/aromatic N) is 6. The number of rotatable bonds is 3. The highest BCUT2D eigenvalue weighted by molar-refractivity contribution is 5.51. The van der Waals surface area contributed by atoms with E-state index in [1.54, 1.807) is 6.92 Å². The largest absolute Gasteiger partial charge is 0.359 e. The highest BCUT2D eigenvalue weighted by Crippen LogP contribution is 2.16. The average Bonchev–Trinajstić information content (AvgIpc) is 2.83. The van der Waals surface area contributed by atoms with Crippen molar-refractivity contribution in [2.75, 3.05) is 5.32 Å². The van der Waals surface area contributed by atoms with Crippen LogP contribution < -0.4 is 5.32 Å². The average molecular weight is 230 g/mol. The van der Waals surface area contributed by atoms with Crippen molar-refractivity contribution in [3.63, 3.8) is 0 Å². The quantitative estimate of drug-likeness (QED) is 0.780. The Balaban J connectivity index is 2.24. The minimum Gasteiger partial charge on any atom is -0.359 e. The van der Waals surface area contributed by atoms with Gasteiger partial charge < -0.3 is 5.32 Å². The molecule has 2 N–H and O–H groups in total. The van der Waals surface area contributed by atoms with Crippen LogP contribution in [0.15, 0.2) is 6.20 Å². The number of hydrogen-bond acceptors (Lipinski definition) is 7. The molecule has 0 bridgehead atoms. The number of H-pyrrole nitrogens is 1. The van der Waals surface area contributed by atoms with E-state index in [9.17, 15) is 0 Å². The minimum atomic E-state index is -0.199. The van der Waals surface area contributed by atoms with E-state index >= 15 is 0 Å². The summed E-state index contributed by atoms with van der Waals surface area (Å²) in [6.45, 7) is 3.61. The van der Waals surface area contributed by atoms with E-state index in [4.69, 9.17) is 5.26 Å². The number of aryl methyl sites for hydroxylation is 1. The van der Waals surface area contributed by atoms with Crippen molar-refractivity contribution >= 4 is 5.82 Å². The van der Waals surface area contributed by atoms with E-state index in [0.29, 0.717) is 23.0 Å². The van der Waals surface area contributed by atoms with Gasteiger partial charge >= 0.3 is 0 Å². The topological polar surface area (TPSA) is 116 Å². The maximum Gasteiger partial charge on any atom is 0.196 e. The number of nitrogens with one attached hydrogen (secondary N) is 2. The third-order valence-electron chi connectivity index (χ3n) is 2.13. The van der Waals surface area contributed by atoms with Gasteiger partial charge in [0.1, 0.15) is 23.3 Å². The smallest absolute Gasteiger partial charge is 0.196 e. The van der Waals surface area contributed by atoms with Crippen molar-refractivity contribution in [3.05, 3.63) is 23.4 Å². The molecule has 2 aromatic heterocycles.